The first-order valence-electron chi connectivity index (χ1n) is 8.41. The lowest BCUT2D eigenvalue weighted by molar-refractivity contribution is 0.649. The number of guanidine groups is 1. The number of nitrogens with one attached hydrogen (secondary N) is 2. The molecule has 0 aliphatic rings. The van der Waals surface area contributed by atoms with Crippen molar-refractivity contribution in [2.45, 2.75) is 33.6 Å². The van der Waals surface area contributed by atoms with E-state index in [0.717, 1.165) is 38.6 Å². The summed E-state index contributed by atoms with van der Waals surface area (Å²) in [5, 5.41) is 6.70. The van der Waals surface area contributed by atoms with E-state index in [-0.39, 0.29) is 0 Å². The maximum atomic E-state index is 4.58. The summed E-state index contributed by atoms with van der Waals surface area (Å²) in [7, 11) is 2.15. The van der Waals surface area contributed by atoms with E-state index >= 15 is 0 Å². The molecule has 0 aliphatic heterocycles. The van der Waals surface area contributed by atoms with Crippen molar-refractivity contribution in [1.82, 2.24) is 10.6 Å². The zero-order valence-electron chi connectivity index (χ0n) is 14.6. The molecule has 124 valence electrons. The average molecular weight is 304 g/mol. The fourth-order valence-corrected chi connectivity index (χ4v) is 2.11. The predicted octanol–water partition coefficient (Wildman–Crippen LogP) is 3.11. The molecule has 0 heterocycles. The molecule has 2 N–H and O–H groups in total. The summed E-state index contributed by atoms with van der Waals surface area (Å²) in [5.74, 6) is 1.53. The quantitative estimate of drug-likeness (QED) is 0.418. The van der Waals surface area contributed by atoms with Crippen molar-refractivity contribution < 1.29 is 0 Å². The van der Waals surface area contributed by atoms with Gasteiger partial charge >= 0.3 is 0 Å². The van der Waals surface area contributed by atoms with Crippen molar-refractivity contribution in [3.8, 4) is 0 Å². The van der Waals surface area contributed by atoms with E-state index in [1.54, 1.807) is 0 Å². The highest BCUT2D eigenvalue weighted by molar-refractivity contribution is 5.79. The number of anilines is 1. The van der Waals surface area contributed by atoms with Gasteiger partial charge in [-0.2, -0.15) is 0 Å². The first-order valence-corrected chi connectivity index (χ1v) is 8.41. The third-order valence-corrected chi connectivity index (χ3v) is 3.37. The molecule has 1 aromatic rings. The van der Waals surface area contributed by atoms with Crippen LogP contribution in [0.1, 0.15) is 33.6 Å². The van der Waals surface area contributed by atoms with Crippen molar-refractivity contribution in [2.24, 2.45) is 10.9 Å². The molecule has 0 bridgehead atoms. The van der Waals surface area contributed by atoms with Gasteiger partial charge in [0.1, 0.15) is 0 Å². The van der Waals surface area contributed by atoms with Gasteiger partial charge in [0.25, 0.3) is 0 Å². The highest BCUT2D eigenvalue weighted by Crippen LogP contribution is 2.11. The van der Waals surface area contributed by atoms with Crippen molar-refractivity contribution in [3.05, 3.63) is 30.3 Å². The molecule has 0 radical (unpaired) electrons. The number of unbranched alkanes of at least 4 members (excludes halogenated alkanes) is 1. The van der Waals surface area contributed by atoms with Gasteiger partial charge in [0.15, 0.2) is 5.96 Å². The maximum Gasteiger partial charge on any atom is 0.191 e. The monoisotopic (exact) mass is 304 g/mol. The van der Waals surface area contributed by atoms with E-state index < -0.39 is 0 Å². The van der Waals surface area contributed by atoms with Crippen LogP contribution in [0, 0.1) is 5.92 Å². The highest BCUT2D eigenvalue weighted by atomic mass is 15.2. The zero-order valence-corrected chi connectivity index (χ0v) is 14.6. The summed E-state index contributed by atoms with van der Waals surface area (Å²) >= 11 is 0. The van der Waals surface area contributed by atoms with Gasteiger partial charge < -0.3 is 15.5 Å². The van der Waals surface area contributed by atoms with Gasteiger partial charge in [-0.15, -0.1) is 0 Å². The normalized spacial score (nSPS) is 11.6. The molecule has 0 spiro atoms. The van der Waals surface area contributed by atoms with Crippen LogP contribution in [0.15, 0.2) is 35.3 Å². The lowest BCUT2D eigenvalue weighted by Gasteiger charge is -2.19. The van der Waals surface area contributed by atoms with Crippen LogP contribution in [-0.4, -0.2) is 39.2 Å². The summed E-state index contributed by atoms with van der Waals surface area (Å²) in [4.78, 5) is 6.88. The van der Waals surface area contributed by atoms with Gasteiger partial charge in [0.2, 0.25) is 0 Å². The van der Waals surface area contributed by atoms with E-state index in [1.807, 2.05) is 0 Å². The molecule has 0 saturated carbocycles. The Bertz CT molecular complexity index is 414. The molecule has 4 nitrogen and oxygen atoms in total. The minimum atomic E-state index is 0.593. The van der Waals surface area contributed by atoms with E-state index in [9.17, 15) is 0 Å². The lowest BCUT2D eigenvalue weighted by Crippen LogP contribution is -2.38. The Labute approximate surface area is 136 Å². The van der Waals surface area contributed by atoms with Crippen molar-refractivity contribution in [3.63, 3.8) is 0 Å². The fraction of sp³-hybridized carbons (Fsp3) is 0.611. The molecule has 4 heteroatoms. The SMILES string of the molecule is CCNC(=NCC(C)C)NCCCCN(C)c1ccccc1. The van der Waals surface area contributed by atoms with Gasteiger partial charge in [-0.05, 0) is 37.8 Å². The van der Waals surface area contributed by atoms with Gasteiger partial charge in [-0.25, -0.2) is 0 Å². The molecule has 0 saturated heterocycles. The molecular weight excluding hydrogens is 272 g/mol. The highest BCUT2D eigenvalue weighted by Gasteiger charge is 2.00. The first-order chi connectivity index (χ1) is 10.6. The number of benzene rings is 1. The van der Waals surface area contributed by atoms with Crippen molar-refractivity contribution >= 4 is 11.6 Å². The molecule has 22 heavy (non-hydrogen) atoms. The van der Waals surface area contributed by atoms with Crippen LogP contribution < -0.4 is 15.5 Å². The Balaban J connectivity index is 2.21. The predicted molar refractivity (Wildman–Crippen MR) is 97.8 cm³/mol. The van der Waals surface area contributed by atoms with Crippen molar-refractivity contribution in [1.29, 1.82) is 0 Å². The molecule has 0 unspecified atom stereocenters. The van der Waals surface area contributed by atoms with E-state index in [4.69, 9.17) is 0 Å². The number of hydrogen-bond donors (Lipinski definition) is 2. The Morgan fingerprint density at radius 3 is 2.50 bits per heavy atom. The number of para-hydroxylation sites is 1. The summed E-state index contributed by atoms with van der Waals surface area (Å²) < 4.78 is 0. The van der Waals surface area contributed by atoms with Gasteiger partial charge in [-0.1, -0.05) is 32.0 Å². The Hall–Kier alpha value is -1.71. The smallest absolute Gasteiger partial charge is 0.191 e. The summed E-state index contributed by atoms with van der Waals surface area (Å²) in [6.07, 6.45) is 2.31. The number of rotatable bonds is 9. The standard InChI is InChI=1S/C18H32N4/c1-5-19-18(21-15-16(2)3)20-13-9-10-14-22(4)17-11-7-6-8-12-17/h6-8,11-12,16H,5,9-10,13-15H2,1-4H3,(H2,19,20,21). The number of hydrogen-bond acceptors (Lipinski definition) is 2. The Kier molecular flexibility index (Phi) is 9.12. The summed E-state index contributed by atoms with van der Waals surface area (Å²) in [5.41, 5.74) is 1.28. The molecule has 1 aromatic carbocycles. The largest absolute Gasteiger partial charge is 0.375 e. The minimum absolute atomic E-state index is 0.593. The second kappa shape index (κ2) is 10.9. The lowest BCUT2D eigenvalue weighted by atomic mass is 10.2. The van der Waals surface area contributed by atoms with Gasteiger partial charge in [0.05, 0.1) is 0 Å². The maximum absolute atomic E-state index is 4.58. The van der Waals surface area contributed by atoms with Crippen molar-refractivity contribution in [2.75, 3.05) is 38.1 Å². The second-order valence-corrected chi connectivity index (χ2v) is 6.00. The molecule has 1 rings (SSSR count). The van der Waals surface area contributed by atoms with Crippen LogP contribution in [-0.2, 0) is 0 Å². The zero-order chi connectivity index (χ0) is 16.2. The fourth-order valence-electron chi connectivity index (χ4n) is 2.11. The van der Waals surface area contributed by atoms with E-state index in [0.29, 0.717) is 5.92 Å². The van der Waals surface area contributed by atoms with Crippen LogP contribution in [0.25, 0.3) is 0 Å². The molecule has 0 atom stereocenters. The molecule has 0 amide bonds. The van der Waals surface area contributed by atoms with Crippen LogP contribution in [0.2, 0.25) is 0 Å². The molecule has 0 fully saturated rings. The number of nitrogens with zero attached hydrogens (tertiary/aromatic N) is 2. The third kappa shape index (κ3) is 7.91. The van der Waals surface area contributed by atoms with Crippen LogP contribution in [0.5, 0.6) is 0 Å². The molecular formula is C18H32N4. The molecule has 0 aliphatic carbocycles. The molecule has 0 aromatic heterocycles. The Morgan fingerprint density at radius 1 is 1.14 bits per heavy atom. The van der Waals surface area contributed by atoms with Crippen LogP contribution in [0.3, 0.4) is 0 Å². The van der Waals surface area contributed by atoms with E-state index in [1.165, 1.54) is 12.1 Å². The van der Waals surface area contributed by atoms with E-state index in [2.05, 4.69) is 78.7 Å². The summed E-state index contributed by atoms with van der Waals surface area (Å²) in [6, 6.07) is 10.5. The number of aliphatic imine (C=N–C) groups is 1. The van der Waals surface area contributed by atoms with Crippen LogP contribution in [0.4, 0.5) is 5.69 Å². The third-order valence-electron chi connectivity index (χ3n) is 3.37. The topological polar surface area (TPSA) is 39.7 Å². The summed E-state index contributed by atoms with van der Waals surface area (Å²) in [6.45, 7) is 10.3. The average Bonchev–Trinajstić information content (AvgIpc) is 2.52. The van der Waals surface area contributed by atoms with Gasteiger partial charge in [-0.3, -0.25) is 4.99 Å². The first kappa shape index (κ1) is 18.3. The van der Waals surface area contributed by atoms with Crippen LogP contribution >= 0.6 is 0 Å². The minimum Gasteiger partial charge on any atom is -0.375 e. The second-order valence-electron chi connectivity index (χ2n) is 6.00. The van der Waals surface area contributed by atoms with Gasteiger partial charge in [0, 0.05) is 38.9 Å². The Morgan fingerprint density at radius 2 is 1.86 bits per heavy atom.